The minimum atomic E-state index is -0.438. The Balaban J connectivity index is 1.44. The van der Waals surface area contributed by atoms with Gasteiger partial charge in [0.2, 0.25) is 5.91 Å². The fraction of sp³-hybridized carbons (Fsp3) is 0.214. The van der Waals surface area contributed by atoms with E-state index in [2.05, 4.69) is 0 Å². The zero-order valence-electron chi connectivity index (χ0n) is 20.4. The average Bonchev–Trinajstić information content (AvgIpc) is 3.36. The first-order chi connectivity index (χ1) is 18.0. The summed E-state index contributed by atoms with van der Waals surface area (Å²) in [5.74, 6) is 1.31. The summed E-state index contributed by atoms with van der Waals surface area (Å²) in [7, 11) is 0. The lowest BCUT2D eigenvalue weighted by molar-refractivity contribution is -0.384. The second-order valence-electron chi connectivity index (χ2n) is 8.61. The number of carbonyl (C=O) groups is 1. The highest BCUT2D eigenvalue weighted by molar-refractivity contribution is 5.81. The summed E-state index contributed by atoms with van der Waals surface area (Å²) in [4.78, 5) is 26.0. The molecule has 0 aliphatic carbocycles. The minimum Gasteiger partial charge on any atom is -0.486 e. The largest absolute Gasteiger partial charge is 0.486 e. The van der Waals surface area contributed by atoms with Crippen LogP contribution in [0.15, 0.2) is 79.0 Å². The summed E-state index contributed by atoms with van der Waals surface area (Å²) < 4.78 is 13.2. The van der Waals surface area contributed by atoms with Gasteiger partial charge in [-0.15, -0.1) is 0 Å². The Morgan fingerprint density at radius 1 is 1.00 bits per heavy atom. The van der Waals surface area contributed by atoms with E-state index in [1.54, 1.807) is 21.7 Å². The standard InChI is InChI=1S/C28H26N4O5/c1-2-30(18-21-7-6-10-25-28(21)37-16-15-36-25)26(33)17-22-19-31(23-8-4-3-5-9-23)29-27(22)20-11-13-24(14-12-20)32(34)35/h3-14,19H,2,15-18H2,1H3. The van der Waals surface area contributed by atoms with Crippen molar-refractivity contribution in [2.75, 3.05) is 19.8 Å². The van der Waals surface area contributed by atoms with E-state index in [1.807, 2.05) is 61.7 Å². The van der Waals surface area contributed by atoms with Crippen molar-refractivity contribution in [2.24, 2.45) is 0 Å². The number of nitro groups is 1. The molecule has 4 aromatic rings. The summed E-state index contributed by atoms with van der Waals surface area (Å²) in [6, 6.07) is 21.5. The molecule has 0 unspecified atom stereocenters. The molecule has 3 aromatic carbocycles. The summed E-state index contributed by atoms with van der Waals surface area (Å²) in [5, 5.41) is 15.9. The first-order valence-electron chi connectivity index (χ1n) is 12.1. The van der Waals surface area contributed by atoms with Gasteiger partial charge < -0.3 is 14.4 Å². The van der Waals surface area contributed by atoms with Gasteiger partial charge in [-0.3, -0.25) is 14.9 Å². The van der Waals surface area contributed by atoms with Crippen LogP contribution in [0.5, 0.6) is 11.5 Å². The third-order valence-electron chi connectivity index (χ3n) is 6.25. The molecule has 5 rings (SSSR count). The van der Waals surface area contributed by atoms with Crippen molar-refractivity contribution in [1.82, 2.24) is 14.7 Å². The topological polar surface area (TPSA) is 99.7 Å². The molecule has 0 bridgehead atoms. The molecular weight excluding hydrogens is 472 g/mol. The van der Waals surface area contributed by atoms with Gasteiger partial charge in [-0.25, -0.2) is 4.68 Å². The number of nitro benzene ring substituents is 1. The molecule has 0 radical (unpaired) electrons. The fourth-order valence-corrected chi connectivity index (χ4v) is 4.35. The number of fused-ring (bicyclic) bond motifs is 1. The molecule has 0 spiro atoms. The molecule has 1 aliphatic heterocycles. The van der Waals surface area contributed by atoms with E-state index in [-0.39, 0.29) is 18.0 Å². The van der Waals surface area contributed by atoms with E-state index in [9.17, 15) is 14.9 Å². The number of likely N-dealkylation sites (N-methyl/N-ethyl adjacent to an activating group) is 1. The molecule has 0 saturated carbocycles. The van der Waals surface area contributed by atoms with Crippen molar-refractivity contribution >= 4 is 11.6 Å². The maximum Gasteiger partial charge on any atom is 0.269 e. The Kier molecular flexibility index (Phi) is 6.85. The van der Waals surface area contributed by atoms with Gasteiger partial charge in [0, 0.05) is 48.1 Å². The van der Waals surface area contributed by atoms with Gasteiger partial charge >= 0.3 is 0 Å². The summed E-state index contributed by atoms with van der Waals surface area (Å²) in [6.07, 6.45) is 1.97. The van der Waals surface area contributed by atoms with Crippen molar-refractivity contribution in [3.05, 3.63) is 100 Å². The third-order valence-corrected chi connectivity index (χ3v) is 6.25. The van der Waals surface area contributed by atoms with Crippen molar-refractivity contribution in [1.29, 1.82) is 0 Å². The van der Waals surface area contributed by atoms with Crippen LogP contribution in [0.4, 0.5) is 5.69 Å². The number of amides is 1. The lowest BCUT2D eigenvalue weighted by Crippen LogP contribution is -2.32. The molecule has 0 fully saturated rings. The number of carbonyl (C=O) groups excluding carboxylic acids is 1. The lowest BCUT2D eigenvalue weighted by atomic mass is 10.0. The highest BCUT2D eigenvalue weighted by atomic mass is 16.6. The smallest absolute Gasteiger partial charge is 0.269 e. The number of para-hydroxylation sites is 2. The highest BCUT2D eigenvalue weighted by Crippen LogP contribution is 2.34. The molecule has 37 heavy (non-hydrogen) atoms. The van der Waals surface area contributed by atoms with Crippen LogP contribution in [0.2, 0.25) is 0 Å². The SMILES string of the molecule is CCN(Cc1cccc2c1OCCO2)C(=O)Cc1cn(-c2ccccc2)nc1-c1ccc([N+](=O)[O-])cc1. The van der Waals surface area contributed by atoms with Crippen molar-refractivity contribution < 1.29 is 19.2 Å². The Hall–Kier alpha value is -4.66. The van der Waals surface area contributed by atoms with Crippen LogP contribution in [0.1, 0.15) is 18.1 Å². The first-order valence-corrected chi connectivity index (χ1v) is 12.1. The maximum atomic E-state index is 13.5. The predicted molar refractivity (Wildman–Crippen MR) is 138 cm³/mol. The average molecular weight is 499 g/mol. The Morgan fingerprint density at radius 3 is 2.49 bits per heavy atom. The van der Waals surface area contributed by atoms with Gasteiger partial charge in [-0.05, 0) is 37.3 Å². The molecule has 1 aromatic heterocycles. The van der Waals surface area contributed by atoms with Crippen LogP contribution < -0.4 is 9.47 Å². The maximum absolute atomic E-state index is 13.5. The minimum absolute atomic E-state index is 0.00146. The monoisotopic (exact) mass is 498 g/mol. The van der Waals surface area contributed by atoms with Crippen LogP contribution in [-0.4, -0.2) is 45.3 Å². The van der Waals surface area contributed by atoms with Crippen molar-refractivity contribution in [2.45, 2.75) is 19.9 Å². The molecule has 0 N–H and O–H groups in total. The number of rotatable bonds is 8. The molecule has 2 heterocycles. The first kappa shape index (κ1) is 24.1. The zero-order valence-corrected chi connectivity index (χ0v) is 20.4. The molecule has 9 heteroatoms. The molecule has 1 amide bonds. The van der Waals surface area contributed by atoms with E-state index in [4.69, 9.17) is 14.6 Å². The quantitative estimate of drug-likeness (QED) is 0.255. The Morgan fingerprint density at radius 2 is 1.76 bits per heavy atom. The van der Waals surface area contributed by atoms with Crippen LogP contribution in [0, 0.1) is 10.1 Å². The molecule has 0 saturated heterocycles. The van der Waals surface area contributed by atoms with Crippen LogP contribution in [0.3, 0.4) is 0 Å². The second kappa shape index (κ2) is 10.5. The highest BCUT2D eigenvalue weighted by Gasteiger charge is 2.22. The molecule has 0 atom stereocenters. The molecule has 188 valence electrons. The van der Waals surface area contributed by atoms with E-state index < -0.39 is 4.92 Å². The number of non-ortho nitro benzene ring substituents is 1. The van der Waals surface area contributed by atoms with E-state index >= 15 is 0 Å². The van der Waals surface area contributed by atoms with Gasteiger partial charge in [0.15, 0.2) is 11.5 Å². The predicted octanol–water partition coefficient (Wildman–Crippen LogP) is 4.81. The Labute approximate surface area is 214 Å². The second-order valence-corrected chi connectivity index (χ2v) is 8.61. The van der Waals surface area contributed by atoms with Crippen LogP contribution in [-0.2, 0) is 17.8 Å². The van der Waals surface area contributed by atoms with E-state index in [0.29, 0.717) is 49.1 Å². The lowest BCUT2D eigenvalue weighted by Gasteiger charge is -2.25. The van der Waals surface area contributed by atoms with Crippen molar-refractivity contribution in [3.8, 4) is 28.4 Å². The van der Waals surface area contributed by atoms with Gasteiger partial charge in [0.1, 0.15) is 13.2 Å². The zero-order chi connectivity index (χ0) is 25.8. The number of nitrogens with zero attached hydrogens (tertiary/aromatic N) is 4. The van der Waals surface area contributed by atoms with Gasteiger partial charge in [-0.1, -0.05) is 30.3 Å². The summed E-state index contributed by atoms with van der Waals surface area (Å²) >= 11 is 0. The number of ether oxygens (including phenoxy) is 2. The number of benzene rings is 3. The molecular formula is C28H26N4O5. The van der Waals surface area contributed by atoms with Gasteiger partial charge in [-0.2, -0.15) is 5.10 Å². The van der Waals surface area contributed by atoms with Gasteiger partial charge in [0.05, 0.1) is 22.7 Å². The molecule has 9 nitrogen and oxygen atoms in total. The van der Waals surface area contributed by atoms with Crippen molar-refractivity contribution in [3.63, 3.8) is 0 Å². The normalized spacial score (nSPS) is 12.2. The summed E-state index contributed by atoms with van der Waals surface area (Å²) in [5.41, 5.74) is 3.78. The third kappa shape index (κ3) is 5.16. The van der Waals surface area contributed by atoms with Gasteiger partial charge in [0.25, 0.3) is 5.69 Å². The molecule has 1 aliphatic rings. The number of hydrogen-bond donors (Lipinski definition) is 0. The summed E-state index contributed by atoms with van der Waals surface area (Å²) in [6.45, 7) is 3.82. The van der Waals surface area contributed by atoms with E-state index in [1.165, 1.54) is 12.1 Å². The van der Waals surface area contributed by atoms with Crippen LogP contribution in [0.25, 0.3) is 16.9 Å². The number of aromatic nitrogens is 2. The number of hydrogen-bond acceptors (Lipinski definition) is 6. The van der Waals surface area contributed by atoms with Crippen LogP contribution >= 0.6 is 0 Å². The fourth-order valence-electron chi connectivity index (χ4n) is 4.35. The Bertz CT molecular complexity index is 1420. The van der Waals surface area contributed by atoms with E-state index in [0.717, 1.165) is 16.8 Å².